The molecule has 23 heavy (non-hydrogen) atoms. The number of aromatic nitrogens is 3. The van der Waals surface area contributed by atoms with E-state index in [1.54, 1.807) is 13.3 Å². The molecular weight excluding hydrogens is 347 g/mol. The second kappa shape index (κ2) is 6.38. The largest absolute Gasteiger partial charge is 0.477 e. The summed E-state index contributed by atoms with van der Waals surface area (Å²) in [5, 5.41) is 10.1. The van der Waals surface area contributed by atoms with Crippen LogP contribution in [0.25, 0.3) is 11.0 Å². The molecule has 2 unspecified atom stereocenters. The highest BCUT2D eigenvalue weighted by molar-refractivity contribution is 6.36. The van der Waals surface area contributed by atoms with E-state index in [0.717, 1.165) is 0 Å². The zero-order chi connectivity index (χ0) is 16.6. The minimum atomic E-state index is -0.976. The molecule has 0 saturated carbocycles. The van der Waals surface area contributed by atoms with Crippen LogP contribution in [0.5, 0.6) is 5.88 Å². The van der Waals surface area contributed by atoms with Crippen molar-refractivity contribution in [2.75, 3.05) is 26.8 Å². The number of rotatable bonds is 4. The summed E-state index contributed by atoms with van der Waals surface area (Å²) in [5.41, 5.74) is 0.479. The molecule has 1 fully saturated rings. The number of H-pyrrole nitrogens is 1. The number of aromatic amines is 1. The van der Waals surface area contributed by atoms with Gasteiger partial charge in [-0.05, 0) is 11.6 Å². The Morgan fingerprint density at radius 3 is 2.96 bits per heavy atom. The summed E-state index contributed by atoms with van der Waals surface area (Å²) in [6.45, 7) is 0.869. The molecule has 2 aromatic rings. The van der Waals surface area contributed by atoms with Gasteiger partial charge >= 0.3 is 6.09 Å². The maximum Gasteiger partial charge on any atom is 0.407 e. The summed E-state index contributed by atoms with van der Waals surface area (Å²) in [7, 11) is 1.55. The molecule has 3 rings (SSSR count). The molecule has 10 heteroatoms. The molecule has 2 N–H and O–H groups in total. The monoisotopic (exact) mass is 360 g/mol. The van der Waals surface area contributed by atoms with Gasteiger partial charge in [-0.2, -0.15) is 9.97 Å². The normalized spacial score (nSPS) is 21.1. The van der Waals surface area contributed by atoms with E-state index in [4.69, 9.17) is 37.8 Å². The van der Waals surface area contributed by atoms with Crippen LogP contribution in [0.4, 0.5) is 4.79 Å². The Labute approximate surface area is 141 Å². The Balaban J connectivity index is 1.78. The first-order chi connectivity index (χ1) is 11.0. The SMILES string of the molecule is COC1CN(C(=O)O)CC1COc1nc(Cl)nc2[nH]cc(Cl)c12. The standard InChI is InChI=1S/C13H14Cl2N4O4/c1-22-8-4-19(13(20)21)3-6(8)5-23-11-9-7(14)2-16-10(9)17-12(15)18-11/h2,6,8H,3-5H2,1H3,(H,20,21)(H,16,17,18). The number of hydrogen-bond donors (Lipinski definition) is 2. The summed E-state index contributed by atoms with van der Waals surface area (Å²) >= 11 is 12.0. The third-order valence-corrected chi connectivity index (χ3v) is 4.28. The lowest BCUT2D eigenvalue weighted by Gasteiger charge is -2.17. The summed E-state index contributed by atoms with van der Waals surface area (Å²) in [5.74, 6) is 0.146. The topological polar surface area (TPSA) is 101 Å². The molecule has 2 atom stereocenters. The van der Waals surface area contributed by atoms with Crippen LogP contribution in [0, 0.1) is 5.92 Å². The van der Waals surface area contributed by atoms with Gasteiger partial charge in [-0.3, -0.25) is 0 Å². The molecule has 0 radical (unpaired) electrons. The van der Waals surface area contributed by atoms with E-state index < -0.39 is 6.09 Å². The van der Waals surface area contributed by atoms with Crippen LogP contribution in [-0.4, -0.2) is 64.0 Å². The Bertz CT molecular complexity index is 738. The molecule has 3 heterocycles. The third-order valence-electron chi connectivity index (χ3n) is 3.81. The van der Waals surface area contributed by atoms with Crippen molar-refractivity contribution in [3.8, 4) is 5.88 Å². The number of carbonyl (C=O) groups is 1. The molecule has 1 aliphatic heterocycles. The van der Waals surface area contributed by atoms with Crippen LogP contribution in [-0.2, 0) is 4.74 Å². The molecule has 2 aromatic heterocycles. The van der Waals surface area contributed by atoms with Gasteiger partial charge in [-0.25, -0.2) is 4.79 Å². The molecule has 0 bridgehead atoms. The maximum atomic E-state index is 11.1. The van der Waals surface area contributed by atoms with Gasteiger partial charge in [0.05, 0.1) is 29.7 Å². The summed E-state index contributed by atoms with van der Waals surface area (Å²) in [4.78, 5) is 23.3. The van der Waals surface area contributed by atoms with Crippen molar-refractivity contribution < 1.29 is 19.4 Å². The molecule has 8 nitrogen and oxygen atoms in total. The number of ether oxygens (including phenoxy) is 2. The number of hydrogen-bond acceptors (Lipinski definition) is 5. The van der Waals surface area contributed by atoms with Crippen LogP contribution in [0.15, 0.2) is 6.20 Å². The highest BCUT2D eigenvalue weighted by atomic mass is 35.5. The number of likely N-dealkylation sites (tertiary alicyclic amines) is 1. The minimum Gasteiger partial charge on any atom is -0.477 e. The average Bonchev–Trinajstić information content (AvgIpc) is 3.08. The number of amides is 1. The lowest BCUT2D eigenvalue weighted by Crippen LogP contribution is -2.28. The van der Waals surface area contributed by atoms with E-state index in [1.165, 1.54) is 4.90 Å². The molecule has 0 aliphatic carbocycles. The smallest absolute Gasteiger partial charge is 0.407 e. The second-order valence-corrected chi connectivity index (χ2v) is 5.94. The van der Waals surface area contributed by atoms with Gasteiger partial charge in [0.15, 0.2) is 0 Å². The van der Waals surface area contributed by atoms with E-state index in [2.05, 4.69) is 15.0 Å². The lowest BCUT2D eigenvalue weighted by atomic mass is 10.1. The van der Waals surface area contributed by atoms with Crippen LogP contribution in [0.1, 0.15) is 0 Å². The molecule has 124 valence electrons. The van der Waals surface area contributed by atoms with Crippen molar-refractivity contribution in [2.45, 2.75) is 6.10 Å². The third kappa shape index (κ3) is 3.15. The Morgan fingerprint density at radius 2 is 2.26 bits per heavy atom. The van der Waals surface area contributed by atoms with Crippen molar-refractivity contribution >= 4 is 40.3 Å². The average molecular weight is 361 g/mol. The quantitative estimate of drug-likeness (QED) is 0.811. The van der Waals surface area contributed by atoms with Gasteiger partial charge in [-0.15, -0.1) is 0 Å². The minimum absolute atomic E-state index is 0.0351. The van der Waals surface area contributed by atoms with Crippen LogP contribution in [0.3, 0.4) is 0 Å². The molecule has 1 aliphatic rings. The number of nitrogens with one attached hydrogen (secondary N) is 1. The van der Waals surface area contributed by atoms with E-state index in [1.807, 2.05) is 0 Å². The van der Waals surface area contributed by atoms with Crippen molar-refractivity contribution in [1.82, 2.24) is 19.9 Å². The first-order valence-corrected chi connectivity index (χ1v) is 7.58. The number of carboxylic acid groups (broad SMARTS) is 1. The van der Waals surface area contributed by atoms with Crippen molar-refractivity contribution in [1.29, 1.82) is 0 Å². The second-order valence-electron chi connectivity index (χ2n) is 5.19. The highest BCUT2D eigenvalue weighted by Crippen LogP contribution is 2.31. The number of methoxy groups -OCH3 is 1. The highest BCUT2D eigenvalue weighted by Gasteiger charge is 2.36. The van der Waals surface area contributed by atoms with E-state index in [0.29, 0.717) is 29.1 Å². The zero-order valence-electron chi connectivity index (χ0n) is 12.1. The van der Waals surface area contributed by atoms with E-state index in [9.17, 15) is 4.79 Å². The fourth-order valence-corrected chi connectivity index (χ4v) is 3.04. The van der Waals surface area contributed by atoms with Gasteiger partial charge in [0, 0.05) is 25.8 Å². The Hall–Kier alpha value is -1.77. The molecule has 0 spiro atoms. The molecular formula is C13H14Cl2N4O4. The predicted molar refractivity (Wildman–Crippen MR) is 83.3 cm³/mol. The van der Waals surface area contributed by atoms with Gasteiger partial charge in [-0.1, -0.05) is 11.6 Å². The summed E-state index contributed by atoms with van der Waals surface area (Å²) < 4.78 is 11.1. The lowest BCUT2D eigenvalue weighted by molar-refractivity contribution is 0.0598. The van der Waals surface area contributed by atoms with Gasteiger partial charge < -0.3 is 24.5 Å². The first kappa shape index (κ1) is 16.1. The van der Waals surface area contributed by atoms with Crippen molar-refractivity contribution in [3.05, 3.63) is 16.5 Å². The number of nitrogens with zero attached hydrogens (tertiary/aromatic N) is 3. The fourth-order valence-electron chi connectivity index (χ4n) is 2.65. The predicted octanol–water partition coefficient (Wildman–Crippen LogP) is 2.27. The van der Waals surface area contributed by atoms with Gasteiger partial charge in [0.1, 0.15) is 5.65 Å². The number of halogens is 2. The van der Waals surface area contributed by atoms with Crippen molar-refractivity contribution in [3.63, 3.8) is 0 Å². The van der Waals surface area contributed by atoms with Gasteiger partial charge in [0.2, 0.25) is 11.2 Å². The summed E-state index contributed by atoms with van der Waals surface area (Å²) in [6.07, 6.45) is 0.361. The van der Waals surface area contributed by atoms with Crippen LogP contribution < -0.4 is 4.74 Å². The summed E-state index contributed by atoms with van der Waals surface area (Å²) in [6, 6.07) is 0. The maximum absolute atomic E-state index is 11.1. The van der Waals surface area contributed by atoms with Crippen LogP contribution >= 0.6 is 23.2 Å². The van der Waals surface area contributed by atoms with E-state index >= 15 is 0 Å². The van der Waals surface area contributed by atoms with Crippen LogP contribution in [0.2, 0.25) is 10.3 Å². The van der Waals surface area contributed by atoms with E-state index in [-0.39, 0.29) is 29.8 Å². The van der Waals surface area contributed by atoms with Crippen molar-refractivity contribution in [2.24, 2.45) is 5.92 Å². The zero-order valence-corrected chi connectivity index (χ0v) is 13.6. The molecule has 1 amide bonds. The van der Waals surface area contributed by atoms with Gasteiger partial charge in [0.25, 0.3) is 0 Å². The fraction of sp³-hybridized carbons (Fsp3) is 0.462. The molecule has 1 saturated heterocycles. The number of fused-ring (bicyclic) bond motifs is 1. The first-order valence-electron chi connectivity index (χ1n) is 6.83. The Morgan fingerprint density at radius 1 is 1.48 bits per heavy atom. The molecule has 0 aromatic carbocycles. The Kier molecular flexibility index (Phi) is 4.47.